The van der Waals surface area contributed by atoms with Crippen LogP contribution in [0.3, 0.4) is 0 Å². The van der Waals surface area contributed by atoms with Crippen LogP contribution in [0.2, 0.25) is 0 Å². The molecule has 1 saturated heterocycles. The Kier molecular flexibility index (Phi) is 3.55. The largest absolute Gasteiger partial charge is 0.391 e. The second-order valence-electron chi connectivity index (χ2n) is 5.28. The number of anilines is 1. The summed E-state index contributed by atoms with van der Waals surface area (Å²) in [4.78, 5) is 10.1. The molecular weight excluding hydrogens is 276 g/mol. The Hall–Kier alpha value is -2.08. The summed E-state index contributed by atoms with van der Waals surface area (Å²) in [6.45, 7) is 2.16. The van der Waals surface area contributed by atoms with Crippen molar-refractivity contribution in [2.75, 3.05) is 11.4 Å². The highest BCUT2D eigenvalue weighted by atomic mass is 19.1. The van der Waals surface area contributed by atoms with E-state index >= 15 is 0 Å². The van der Waals surface area contributed by atoms with E-state index in [2.05, 4.69) is 9.97 Å². The quantitative estimate of drug-likeness (QED) is 0.923. The molecule has 2 unspecified atom stereocenters. The van der Waals surface area contributed by atoms with E-state index in [9.17, 15) is 13.9 Å². The van der Waals surface area contributed by atoms with Crippen molar-refractivity contribution in [2.45, 2.75) is 25.5 Å². The topological polar surface area (TPSA) is 49.2 Å². The number of nitrogens with zero attached hydrogens (tertiary/aromatic N) is 3. The van der Waals surface area contributed by atoms with Crippen LogP contribution in [0, 0.1) is 18.6 Å². The van der Waals surface area contributed by atoms with E-state index < -0.39 is 23.8 Å². The number of aromatic nitrogens is 2. The molecule has 4 nitrogen and oxygen atoms in total. The highest BCUT2D eigenvalue weighted by Crippen LogP contribution is 2.36. The number of aliphatic hydroxyl groups excluding tert-OH is 1. The van der Waals surface area contributed by atoms with E-state index in [1.54, 1.807) is 17.3 Å². The van der Waals surface area contributed by atoms with E-state index in [0.29, 0.717) is 18.9 Å². The molecule has 3 rings (SSSR count). The van der Waals surface area contributed by atoms with Gasteiger partial charge in [0.25, 0.3) is 0 Å². The lowest BCUT2D eigenvalue weighted by molar-refractivity contribution is 0.194. The van der Waals surface area contributed by atoms with Crippen molar-refractivity contribution < 1.29 is 13.9 Å². The van der Waals surface area contributed by atoms with Gasteiger partial charge in [-0.1, -0.05) is 0 Å². The Morgan fingerprint density at radius 2 is 1.95 bits per heavy atom. The lowest BCUT2D eigenvalue weighted by atomic mass is 10.0. The minimum absolute atomic E-state index is 0.218. The molecule has 1 aromatic carbocycles. The zero-order valence-electron chi connectivity index (χ0n) is 11.5. The molecule has 0 amide bonds. The first-order chi connectivity index (χ1) is 10.0. The molecule has 2 aromatic rings. The number of benzene rings is 1. The van der Waals surface area contributed by atoms with E-state index in [4.69, 9.17) is 0 Å². The fourth-order valence-corrected chi connectivity index (χ4v) is 2.63. The van der Waals surface area contributed by atoms with Crippen molar-refractivity contribution in [1.82, 2.24) is 9.97 Å². The van der Waals surface area contributed by atoms with Gasteiger partial charge < -0.3 is 10.0 Å². The van der Waals surface area contributed by atoms with Gasteiger partial charge in [0.05, 0.1) is 12.1 Å². The maximum Gasteiger partial charge on any atom is 0.225 e. The monoisotopic (exact) mass is 291 g/mol. The Labute approximate surface area is 121 Å². The smallest absolute Gasteiger partial charge is 0.225 e. The zero-order chi connectivity index (χ0) is 15.0. The highest BCUT2D eigenvalue weighted by molar-refractivity contribution is 5.40. The van der Waals surface area contributed by atoms with Crippen molar-refractivity contribution in [3.8, 4) is 0 Å². The van der Waals surface area contributed by atoms with Gasteiger partial charge in [-0.2, -0.15) is 0 Å². The summed E-state index contributed by atoms with van der Waals surface area (Å²) in [5, 5.41) is 9.89. The van der Waals surface area contributed by atoms with E-state index in [-0.39, 0.29) is 5.56 Å². The second kappa shape index (κ2) is 5.37. The van der Waals surface area contributed by atoms with Crippen LogP contribution in [0.1, 0.15) is 23.6 Å². The van der Waals surface area contributed by atoms with Gasteiger partial charge in [0.1, 0.15) is 11.6 Å². The number of halogens is 2. The van der Waals surface area contributed by atoms with Crippen LogP contribution in [0.5, 0.6) is 0 Å². The zero-order valence-corrected chi connectivity index (χ0v) is 11.5. The lowest BCUT2D eigenvalue weighted by Gasteiger charge is -2.25. The Bertz CT molecular complexity index is 648. The Morgan fingerprint density at radius 3 is 2.67 bits per heavy atom. The first kappa shape index (κ1) is 13.9. The number of β-amino-alcohol motifs (C(OH)–C–C–N with tert-alkyl or cyclic N) is 1. The molecule has 1 aromatic heterocycles. The molecule has 2 atom stereocenters. The highest BCUT2D eigenvalue weighted by Gasteiger charge is 2.35. The minimum Gasteiger partial charge on any atom is -0.391 e. The van der Waals surface area contributed by atoms with Gasteiger partial charge in [0, 0.05) is 24.5 Å². The van der Waals surface area contributed by atoms with Crippen LogP contribution in [0.15, 0.2) is 30.6 Å². The normalized spacial score (nSPS) is 21.8. The van der Waals surface area contributed by atoms with Crippen molar-refractivity contribution in [3.05, 3.63) is 53.4 Å². The minimum atomic E-state index is -0.623. The SMILES string of the molecule is Cc1cnc(N2CC(O)CC2c2cc(F)ccc2F)nc1. The average Bonchev–Trinajstić information content (AvgIpc) is 2.84. The fraction of sp³-hybridized carbons (Fsp3) is 0.333. The van der Waals surface area contributed by atoms with Crippen LogP contribution in [-0.4, -0.2) is 27.7 Å². The first-order valence-electron chi connectivity index (χ1n) is 6.73. The summed E-state index contributed by atoms with van der Waals surface area (Å²) in [6, 6.07) is 2.87. The molecule has 2 heterocycles. The summed E-state index contributed by atoms with van der Waals surface area (Å²) < 4.78 is 27.4. The third-order valence-corrected chi connectivity index (χ3v) is 3.62. The van der Waals surface area contributed by atoms with Gasteiger partial charge in [0.2, 0.25) is 5.95 Å². The molecule has 1 aliphatic rings. The van der Waals surface area contributed by atoms with Crippen LogP contribution in [0.4, 0.5) is 14.7 Å². The van der Waals surface area contributed by atoms with Crippen LogP contribution in [0.25, 0.3) is 0 Å². The Balaban J connectivity index is 1.99. The third kappa shape index (κ3) is 2.71. The second-order valence-corrected chi connectivity index (χ2v) is 5.28. The maximum absolute atomic E-state index is 14.0. The average molecular weight is 291 g/mol. The van der Waals surface area contributed by atoms with Gasteiger partial charge in [-0.05, 0) is 37.1 Å². The van der Waals surface area contributed by atoms with Gasteiger partial charge in [-0.15, -0.1) is 0 Å². The molecule has 0 spiro atoms. The third-order valence-electron chi connectivity index (χ3n) is 3.62. The molecule has 0 saturated carbocycles. The van der Waals surface area contributed by atoms with E-state index in [1.807, 2.05) is 6.92 Å². The number of hydrogen-bond acceptors (Lipinski definition) is 4. The summed E-state index contributed by atoms with van der Waals surface area (Å²) in [5.41, 5.74) is 1.13. The molecule has 1 aliphatic heterocycles. The fourth-order valence-electron chi connectivity index (χ4n) is 2.63. The summed E-state index contributed by atoms with van der Waals surface area (Å²) >= 11 is 0. The number of aliphatic hydroxyl groups is 1. The summed E-state index contributed by atoms with van der Waals surface area (Å²) in [5.74, 6) is -0.587. The van der Waals surface area contributed by atoms with Crippen molar-refractivity contribution in [1.29, 1.82) is 0 Å². The molecule has 1 fully saturated rings. The van der Waals surface area contributed by atoms with Gasteiger partial charge >= 0.3 is 0 Å². The van der Waals surface area contributed by atoms with Crippen molar-refractivity contribution >= 4 is 5.95 Å². The first-order valence-corrected chi connectivity index (χ1v) is 6.73. The van der Waals surface area contributed by atoms with E-state index in [1.165, 1.54) is 6.07 Å². The molecule has 0 bridgehead atoms. The molecular formula is C15H15F2N3O. The standard InChI is InChI=1S/C15H15F2N3O/c1-9-6-18-15(19-7-9)20-8-11(21)5-14(20)12-4-10(16)2-3-13(12)17/h2-4,6-7,11,14,21H,5,8H2,1H3. The predicted octanol–water partition coefficient (Wildman–Crippen LogP) is 2.38. The predicted molar refractivity (Wildman–Crippen MR) is 73.8 cm³/mol. The lowest BCUT2D eigenvalue weighted by Crippen LogP contribution is -2.26. The number of hydrogen-bond donors (Lipinski definition) is 1. The van der Waals surface area contributed by atoms with Gasteiger partial charge in [0.15, 0.2) is 0 Å². The van der Waals surface area contributed by atoms with Gasteiger partial charge in [-0.25, -0.2) is 18.7 Å². The molecule has 6 heteroatoms. The Morgan fingerprint density at radius 1 is 1.24 bits per heavy atom. The van der Waals surface area contributed by atoms with Gasteiger partial charge in [-0.3, -0.25) is 0 Å². The molecule has 1 N–H and O–H groups in total. The molecule has 21 heavy (non-hydrogen) atoms. The molecule has 0 radical (unpaired) electrons. The number of aryl methyl sites for hydroxylation is 1. The number of rotatable bonds is 2. The van der Waals surface area contributed by atoms with Crippen LogP contribution >= 0.6 is 0 Å². The van der Waals surface area contributed by atoms with Crippen LogP contribution < -0.4 is 4.90 Å². The maximum atomic E-state index is 14.0. The van der Waals surface area contributed by atoms with Crippen molar-refractivity contribution in [2.24, 2.45) is 0 Å². The summed E-state index contributed by atoms with van der Waals surface area (Å²) in [6.07, 6.45) is 3.01. The van der Waals surface area contributed by atoms with Crippen molar-refractivity contribution in [3.63, 3.8) is 0 Å². The molecule has 0 aliphatic carbocycles. The molecule has 110 valence electrons. The van der Waals surface area contributed by atoms with E-state index in [0.717, 1.165) is 17.7 Å². The van der Waals surface area contributed by atoms with Crippen LogP contribution in [-0.2, 0) is 0 Å². The summed E-state index contributed by atoms with van der Waals surface area (Å²) in [7, 11) is 0.